The second kappa shape index (κ2) is 9.08. The van der Waals surface area contributed by atoms with Gasteiger partial charge in [-0.2, -0.15) is 4.98 Å². The van der Waals surface area contributed by atoms with Gasteiger partial charge >= 0.3 is 0 Å². The van der Waals surface area contributed by atoms with Crippen LogP contribution in [0.25, 0.3) is 11.1 Å². The molecule has 1 aliphatic heterocycles. The van der Waals surface area contributed by atoms with E-state index in [4.69, 9.17) is 13.9 Å². The number of hydrogen-bond acceptors (Lipinski definition) is 6. The molecule has 1 aromatic heterocycles. The largest absolute Gasteiger partial charge is 0.491 e. The summed E-state index contributed by atoms with van der Waals surface area (Å²) in [6, 6.07) is 16.7. The number of para-hydroxylation sites is 1. The summed E-state index contributed by atoms with van der Waals surface area (Å²) in [5.41, 5.74) is 2.99. The van der Waals surface area contributed by atoms with Gasteiger partial charge in [-0.3, -0.25) is 4.90 Å². The van der Waals surface area contributed by atoms with Crippen LogP contribution in [-0.4, -0.2) is 62.4 Å². The lowest BCUT2D eigenvalue weighted by molar-refractivity contribution is 0.0781. The van der Waals surface area contributed by atoms with Crippen molar-refractivity contribution in [2.45, 2.75) is 6.92 Å². The van der Waals surface area contributed by atoms with Gasteiger partial charge in [0.1, 0.15) is 17.9 Å². The van der Waals surface area contributed by atoms with Crippen molar-refractivity contribution in [2.24, 2.45) is 0 Å². The molecule has 0 radical (unpaired) electrons. The Morgan fingerprint density at radius 1 is 0.964 bits per heavy atom. The fraction of sp³-hybridized carbons (Fsp3) is 0.409. The summed E-state index contributed by atoms with van der Waals surface area (Å²) in [6.45, 7) is 8.73. The second-order valence-electron chi connectivity index (χ2n) is 7.07. The van der Waals surface area contributed by atoms with Crippen molar-refractivity contribution < 1.29 is 13.9 Å². The first-order chi connectivity index (χ1) is 13.8. The van der Waals surface area contributed by atoms with Crippen LogP contribution in [0.5, 0.6) is 5.75 Å². The fourth-order valence-corrected chi connectivity index (χ4v) is 3.35. The van der Waals surface area contributed by atoms with Crippen molar-refractivity contribution in [3.63, 3.8) is 0 Å². The van der Waals surface area contributed by atoms with E-state index in [0.717, 1.165) is 62.2 Å². The molecule has 0 aliphatic carbocycles. The molecule has 2 heterocycles. The highest BCUT2D eigenvalue weighted by Crippen LogP contribution is 2.23. The SMILES string of the molecule is Cc1ccc2oc(N3CCN(CCOCCOc4ccccc4)CC3)nc2c1. The molecular weight excluding hydrogens is 354 g/mol. The van der Waals surface area contributed by atoms with E-state index < -0.39 is 0 Å². The van der Waals surface area contributed by atoms with Gasteiger partial charge in [-0.15, -0.1) is 0 Å². The Labute approximate surface area is 165 Å². The summed E-state index contributed by atoms with van der Waals surface area (Å²) >= 11 is 0. The monoisotopic (exact) mass is 381 g/mol. The fourth-order valence-electron chi connectivity index (χ4n) is 3.35. The quantitative estimate of drug-likeness (QED) is 0.558. The Morgan fingerprint density at radius 2 is 1.79 bits per heavy atom. The zero-order valence-electron chi connectivity index (χ0n) is 16.3. The van der Waals surface area contributed by atoms with Crippen LogP contribution in [0.15, 0.2) is 52.9 Å². The molecule has 0 amide bonds. The summed E-state index contributed by atoms with van der Waals surface area (Å²) in [7, 11) is 0. The van der Waals surface area contributed by atoms with E-state index in [9.17, 15) is 0 Å². The molecule has 1 saturated heterocycles. The van der Waals surface area contributed by atoms with Gasteiger partial charge in [-0.05, 0) is 36.8 Å². The molecule has 148 valence electrons. The molecule has 1 fully saturated rings. The van der Waals surface area contributed by atoms with Crippen LogP contribution in [0.3, 0.4) is 0 Å². The smallest absolute Gasteiger partial charge is 0.298 e. The number of anilines is 1. The van der Waals surface area contributed by atoms with Gasteiger partial charge in [-0.1, -0.05) is 24.3 Å². The predicted octanol–water partition coefficient (Wildman–Crippen LogP) is 3.35. The first kappa shape index (κ1) is 18.8. The van der Waals surface area contributed by atoms with Crippen LogP contribution >= 0.6 is 0 Å². The van der Waals surface area contributed by atoms with E-state index in [-0.39, 0.29) is 0 Å². The third-order valence-electron chi connectivity index (χ3n) is 4.97. The predicted molar refractivity (Wildman–Crippen MR) is 110 cm³/mol. The van der Waals surface area contributed by atoms with E-state index >= 15 is 0 Å². The highest BCUT2D eigenvalue weighted by Gasteiger charge is 2.20. The summed E-state index contributed by atoms with van der Waals surface area (Å²) in [4.78, 5) is 9.29. The molecule has 0 bridgehead atoms. The molecule has 0 N–H and O–H groups in total. The second-order valence-corrected chi connectivity index (χ2v) is 7.07. The molecule has 6 heteroatoms. The molecule has 0 atom stereocenters. The minimum absolute atomic E-state index is 0.578. The number of aromatic nitrogens is 1. The number of aryl methyl sites for hydroxylation is 1. The van der Waals surface area contributed by atoms with E-state index in [1.54, 1.807) is 0 Å². The first-order valence-corrected chi connectivity index (χ1v) is 9.88. The summed E-state index contributed by atoms with van der Waals surface area (Å²) in [6.07, 6.45) is 0. The topological polar surface area (TPSA) is 51.0 Å². The van der Waals surface area contributed by atoms with Crippen molar-refractivity contribution in [3.05, 3.63) is 54.1 Å². The van der Waals surface area contributed by atoms with Crippen LogP contribution in [0, 0.1) is 6.92 Å². The zero-order chi connectivity index (χ0) is 19.2. The van der Waals surface area contributed by atoms with Gasteiger partial charge in [0, 0.05) is 32.7 Å². The molecule has 2 aromatic carbocycles. The maximum absolute atomic E-state index is 5.92. The van der Waals surface area contributed by atoms with Gasteiger partial charge < -0.3 is 18.8 Å². The minimum Gasteiger partial charge on any atom is -0.491 e. The van der Waals surface area contributed by atoms with Crippen LogP contribution in [0.4, 0.5) is 6.01 Å². The molecule has 0 spiro atoms. The lowest BCUT2D eigenvalue weighted by atomic mass is 10.2. The average Bonchev–Trinajstić information content (AvgIpc) is 3.15. The lowest BCUT2D eigenvalue weighted by Crippen LogP contribution is -2.47. The zero-order valence-corrected chi connectivity index (χ0v) is 16.3. The van der Waals surface area contributed by atoms with Crippen molar-refractivity contribution in [3.8, 4) is 5.75 Å². The molecule has 28 heavy (non-hydrogen) atoms. The molecule has 3 aromatic rings. The van der Waals surface area contributed by atoms with E-state index in [2.05, 4.69) is 33.8 Å². The third kappa shape index (κ3) is 4.82. The Kier molecular flexibility index (Phi) is 6.09. The maximum atomic E-state index is 5.92. The van der Waals surface area contributed by atoms with Crippen LogP contribution in [0.1, 0.15) is 5.56 Å². The highest BCUT2D eigenvalue weighted by atomic mass is 16.5. The Hall–Kier alpha value is -2.57. The van der Waals surface area contributed by atoms with E-state index in [1.165, 1.54) is 5.56 Å². The molecule has 1 aliphatic rings. The Balaban J connectivity index is 1.14. The lowest BCUT2D eigenvalue weighted by Gasteiger charge is -2.33. The Bertz CT molecular complexity index is 873. The normalized spacial score (nSPS) is 15.2. The van der Waals surface area contributed by atoms with Crippen molar-refractivity contribution in [2.75, 3.05) is 57.4 Å². The highest BCUT2D eigenvalue weighted by molar-refractivity contribution is 5.75. The van der Waals surface area contributed by atoms with Crippen LogP contribution < -0.4 is 9.64 Å². The van der Waals surface area contributed by atoms with Crippen molar-refractivity contribution in [1.29, 1.82) is 0 Å². The van der Waals surface area contributed by atoms with Crippen molar-refractivity contribution in [1.82, 2.24) is 9.88 Å². The third-order valence-corrected chi connectivity index (χ3v) is 4.97. The summed E-state index contributed by atoms with van der Waals surface area (Å²) in [5, 5.41) is 0. The molecule has 0 saturated carbocycles. The van der Waals surface area contributed by atoms with Crippen molar-refractivity contribution >= 4 is 17.1 Å². The van der Waals surface area contributed by atoms with Crippen LogP contribution in [-0.2, 0) is 4.74 Å². The van der Waals surface area contributed by atoms with Gasteiger partial charge in [0.2, 0.25) is 0 Å². The van der Waals surface area contributed by atoms with Gasteiger partial charge in [0.15, 0.2) is 5.58 Å². The van der Waals surface area contributed by atoms with Crippen LogP contribution in [0.2, 0.25) is 0 Å². The number of nitrogens with zero attached hydrogens (tertiary/aromatic N) is 3. The number of fused-ring (bicyclic) bond motifs is 1. The Morgan fingerprint density at radius 3 is 2.61 bits per heavy atom. The molecule has 4 rings (SSSR count). The minimum atomic E-state index is 0.578. The number of rotatable bonds is 8. The molecule has 0 unspecified atom stereocenters. The number of oxazole rings is 1. The first-order valence-electron chi connectivity index (χ1n) is 9.88. The van der Waals surface area contributed by atoms with Gasteiger partial charge in [0.25, 0.3) is 6.01 Å². The number of hydrogen-bond donors (Lipinski definition) is 0. The van der Waals surface area contributed by atoms with E-state index in [1.807, 2.05) is 36.4 Å². The number of piperazine rings is 1. The van der Waals surface area contributed by atoms with E-state index in [0.29, 0.717) is 13.2 Å². The van der Waals surface area contributed by atoms with Gasteiger partial charge in [-0.25, -0.2) is 0 Å². The number of ether oxygens (including phenoxy) is 2. The maximum Gasteiger partial charge on any atom is 0.298 e. The molecular formula is C22H27N3O3. The summed E-state index contributed by atoms with van der Waals surface area (Å²) < 4.78 is 17.3. The summed E-state index contributed by atoms with van der Waals surface area (Å²) in [5.74, 6) is 0.886. The number of benzene rings is 2. The average molecular weight is 381 g/mol. The standard InChI is InChI=1S/C22H27N3O3/c1-18-7-8-21-20(17-18)23-22(28-21)25-11-9-24(10-12-25)13-14-26-15-16-27-19-5-3-2-4-6-19/h2-8,17H,9-16H2,1H3. The van der Waals surface area contributed by atoms with Gasteiger partial charge in [0.05, 0.1) is 13.2 Å². The molecule has 6 nitrogen and oxygen atoms in total.